The number of nitrogens with zero attached hydrogens (tertiary/aromatic N) is 6. The van der Waals surface area contributed by atoms with Gasteiger partial charge < -0.3 is 20.9 Å². The maximum Gasteiger partial charge on any atom is 0.350 e. The molecule has 1 aliphatic carbocycles. The van der Waals surface area contributed by atoms with Gasteiger partial charge in [0.05, 0.1) is 47.3 Å². The Bertz CT molecular complexity index is 1440. The number of aryl methyl sites for hydroxylation is 1. The number of hydrogen-bond acceptors (Lipinski definition) is 8. The van der Waals surface area contributed by atoms with Crippen LogP contribution in [0.3, 0.4) is 0 Å². The van der Waals surface area contributed by atoms with Crippen LogP contribution in [-0.2, 0) is 18.4 Å². The zero-order chi connectivity index (χ0) is 25.8. The summed E-state index contributed by atoms with van der Waals surface area (Å²) in [6, 6.07) is 1.46. The molecule has 33 heavy (non-hydrogen) atoms. The third-order valence-corrected chi connectivity index (χ3v) is 5.62. The number of amides is 2. The minimum atomic E-state index is -2.71. The summed E-state index contributed by atoms with van der Waals surface area (Å²) in [5, 5.41) is 12.1. The topological polar surface area (TPSA) is 139 Å². The Hall–Kier alpha value is -4.22. The average molecular weight is 452 g/mol. The number of aromatic nitrogens is 5. The number of hydrogen-bond donors (Lipinski definition) is 3. The number of fused-ring (bicyclic) bond motifs is 3. The number of pyridine rings is 2. The van der Waals surface area contributed by atoms with E-state index in [0.29, 0.717) is 29.4 Å². The van der Waals surface area contributed by atoms with Gasteiger partial charge >= 0.3 is 5.69 Å². The van der Waals surface area contributed by atoms with Crippen molar-refractivity contribution < 1.29 is 13.7 Å². The van der Waals surface area contributed by atoms with E-state index in [1.165, 1.54) is 27.7 Å². The van der Waals surface area contributed by atoms with E-state index < -0.39 is 12.9 Å². The van der Waals surface area contributed by atoms with Gasteiger partial charge in [0, 0.05) is 43.4 Å². The van der Waals surface area contributed by atoms with Gasteiger partial charge in [-0.15, -0.1) is 0 Å². The van der Waals surface area contributed by atoms with Crippen molar-refractivity contribution in [2.24, 2.45) is 13.0 Å². The summed E-state index contributed by atoms with van der Waals surface area (Å²) >= 11 is 0. The molecule has 4 heterocycles. The van der Waals surface area contributed by atoms with Crippen molar-refractivity contribution in [3.8, 4) is 5.69 Å². The van der Waals surface area contributed by atoms with E-state index in [4.69, 9.17) is 4.11 Å². The van der Waals surface area contributed by atoms with Gasteiger partial charge in [-0.2, -0.15) is 5.10 Å². The first-order valence-electron chi connectivity index (χ1n) is 11.8. The lowest BCUT2D eigenvalue weighted by Gasteiger charge is -2.29. The molecule has 3 N–H and O–H groups in total. The number of rotatable bonds is 5. The van der Waals surface area contributed by atoms with Gasteiger partial charge in [0.2, 0.25) is 5.91 Å². The van der Waals surface area contributed by atoms with Gasteiger partial charge in [-0.3, -0.25) is 14.6 Å². The van der Waals surface area contributed by atoms with Gasteiger partial charge in [0.1, 0.15) is 5.82 Å². The summed E-state index contributed by atoms with van der Waals surface area (Å²) in [5.41, 5.74) is 1.38. The van der Waals surface area contributed by atoms with Crippen LogP contribution < -0.4 is 26.5 Å². The first kappa shape index (κ1) is 17.3. The fourth-order valence-corrected chi connectivity index (χ4v) is 3.84. The van der Waals surface area contributed by atoms with Crippen LogP contribution in [0.5, 0.6) is 0 Å². The second kappa shape index (κ2) is 7.73. The standard InChI is InChI=1S/C21H23N9O3/c1-22-20(32)12-7-24-16(26-19(31)11-4-5-11)6-13(12)25-14-8-23-9-15-18(14)28(2)10-17-27-29(3)21(33)30(15)17/h6-9,11H,4-5,10H2,1-3H3,(H,22,32)(H2,24,25,26,31)/i1D3. The predicted molar refractivity (Wildman–Crippen MR) is 121 cm³/mol. The molecule has 1 fully saturated rings. The van der Waals surface area contributed by atoms with Crippen LogP contribution in [0.15, 0.2) is 29.5 Å². The van der Waals surface area contributed by atoms with Crippen LogP contribution in [-0.4, -0.2) is 50.2 Å². The lowest BCUT2D eigenvalue weighted by Crippen LogP contribution is -2.31. The molecule has 1 saturated carbocycles. The molecule has 0 spiro atoms. The van der Waals surface area contributed by atoms with Gasteiger partial charge in [0.15, 0.2) is 5.82 Å². The van der Waals surface area contributed by atoms with Crippen molar-refractivity contribution >= 4 is 34.7 Å². The number of anilines is 4. The highest BCUT2D eigenvalue weighted by Crippen LogP contribution is 2.37. The lowest BCUT2D eigenvalue weighted by atomic mass is 10.1. The molecule has 0 bridgehead atoms. The Labute approximate surface area is 192 Å². The molecule has 0 atom stereocenters. The molecule has 3 aromatic heterocycles. The predicted octanol–water partition coefficient (Wildman–Crippen LogP) is 0.762. The maximum absolute atomic E-state index is 12.8. The first-order valence-corrected chi connectivity index (χ1v) is 10.3. The molecule has 2 amide bonds. The Kier molecular flexibility index (Phi) is 4.06. The lowest BCUT2D eigenvalue weighted by molar-refractivity contribution is -0.117. The van der Waals surface area contributed by atoms with Crippen molar-refractivity contribution in [2.75, 3.05) is 29.6 Å². The average Bonchev–Trinajstić information content (AvgIpc) is 3.59. The zero-order valence-corrected chi connectivity index (χ0v) is 17.9. The number of carbonyl (C=O) groups excluding carboxylic acids is 2. The van der Waals surface area contributed by atoms with Crippen LogP contribution >= 0.6 is 0 Å². The minimum absolute atomic E-state index is 0.0501. The van der Waals surface area contributed by atoms with Crippen LogP contribution in [0.2, 0.25) is 0 Å². The maximum atomic E-state index is 12.8. The van der Waals surface area contributed by atoms with E-state index in [-0.39, 0.29) is 34.6 Å². The molecule has 0 radical (unpaired) electrons. The van der Waals surface area contributed by atoms with E-state index in [0.717, 1.165) is 12.8 Å². The summed E-state index contributed by atoms with van der Waals surface area (Å²) < 4.78 is 24.8. The number of nitrogens with one attached hydrogen (secondary N) is 3. The normalized spacial score (nSPS) is 16.1. The van der Waals surface area contributed by atoms with Gasteiger partial charge in [0.25, 0.3) is 5.91 Å². The Morgan fingerprint density at radius 1 is 1.18 bits per heavy atom. The molecule has 1 aliphatic heterocycles. The fraction of sp³-hybridized carbons (Fsp3) is 0.333. The van der Waals surface area contributed by atoms with Crippen molar-refractivity contribution in [1.29, 1.82) is 0 Å². The van der Waals surface area contributed by atoms with Crippen LogP contribution in [0.1, 0.15) is 33.1 Å². The summed E-state index contributed by atoms with van der Waals surface area (Å²) in [4.78, 5) is 48.0. The van der Waals surface area contributed by atoms with Gasteiger partial charge in [-0.1, -0.05) is 0 Å². The largest absolute Gasteiger partial charge is 0.364 e. The Morgan fingerprint density at radius 3 is 2.76 bits per heavy atom. The first-order chi connectivity index (χ1) is 17.0. The molecule has 0 unspecified atom stereocenters. The molecule has 2 aliphatic rings. The summed E-state index contributed by atoms with van der Waals surface area (Å²) in [7, 11) is 3.38. The van der Waals surface area contributed by atoms with E-state index in [1.807, 2.05) is 17.3 Å². The molecule has 12 nitrogen and oxygen atoms in total. The Balaban J connectivity index is 1.57. The SMILES string of the molecule is [2H]C([2H])([2H])NC(=O)c1cnc(NC(=O)C2CC2)cc1Nc1cncc2c1N(C)Cc1nn(C)c(=O)n1-2. The highest BCUT2D eigenvalue weighted by Gasteiger charge is 2.30. The molecule has 0 aromatic carbocycles. The smallest absolute Gasteiger partial charge is 0.350 e. The monoisotopic (exact) mass is 452 g/mol. The quantitative estimate of drug-likeness (QED) is 0.516. The van der Waals surface area contributed by atoms with Crippen molar-refractivity contribution in [3.05, 3.63) is 46.5 Å². The summed E-state index contributed by atoms with van der Waals surface area (Å²) in [6.45, 7) is -2.37. The summed E-state index contributed by atoms with van der Waals surface area (Å²) in [5.74, 6) is -0.357. The van der Waals surface area contributed by atoms with Crippen LogP contribution in [0.4, 0.5) is 22.9 Å². The highest BCUT2D eigenvalue weighted by atomic mass is 16.2. The summed E-state index contributed by atoms with van der Waals surface area (Å²) in [6.07, 6.45) is 5.87. The fourth-order valence-electron chi connectivity index (χ4n) is 3.84. The third kappa shape index (κ3) is 3.58. The highest BCUT2D eigenvalue weighted by molar-refractivity contribution is 6.02. The second-order valence-electron chi connectivity index (χ2n) is 8.03. The van der Waals surface area contributed by atoms with Crippen LogP contribution in [0, 0.1) is 5.92 Å². The van der Waals surface area contributed by atoms with Crippen molar-refractivity contribution in [2.45, 2.75) is 19.4 Å². The van der Waals surface area contributed by atoms with Gasteiger partial charge in [-0.25, -0.2) is 19.0 Å². The van der Waals surface area contributed by atoms with Crippen molar-refractivity contribution in [3.63, 3.8) is 0 Å². The third-order valence-electron chi connectivity index (χ3n) is 5.62. The second-order valence-corrected chi connectivity index (χ2v) is 8.03. The molecular formula is C21H23N9O3. The molecule has 12 heteroatoms. The van der Waals surface area contributed by atoms with Crippen LogP contribution in [0.25, 0.3) is 5.69 Å². The molecule has 0 saturated heterocycles. The van der Waals surface area contributed by atoms with E-state index in [1.54, 1.807) is 13.2 Å². The molecule has 170 valence electrons. The van der Waals surface area contributed by atoms with E-state index in [9.17, 15) is 14.4 Å². The molecular weight excluding hydrogens is 426 g/mol. The Morgan fingerprint density at radius 2 is 2.00 bits per heavy atom. The minimum Gasteiger partial charge on any atom is -0.364 e. The number of carbonyl (C=O) groups is 2. The molecule has 5 rings (SSSR count). The zero-order valence-electron chi connectivity index (χ0n) is 20.9. The van der Waals surface area contributed by atoms with Crippen molar-refractivity contribution in [1.82, 2.24) is 29.6 Å². The van der Waals surface area contributed by atoms with E-state index >= 15 is 0 Å². The van der Waals surface area contributed by atoms with Gasteiger partial charge in [-0.05, 0) is 12.8 Å². The molecule has 3 aromatic rings. The van der Waals surface area contributed by atoms with E-state index in [2.05, 4.69) is 25.7 Å².